The monoisotopic (exact) mass is 429 g/mol. The van der Waals surface area contributed by atoms with Gasteiger partial charge in [-0.05, 0) is 48.4 Å². The molecule has 7 heteroatoms. The van der Waals surface area contributed by atoms with Crippen LogP contribution in [0.3, 0.4) is 0 Å². The maximum atomic E-state index is 12.8. The van der Waals surface area contributed by atoms with Crippen molar-refractivity contribution in [2.45, 2.75) is 46.1 Å². The first-order valence-corrected chi connectivity index (χ1v) is 10.8. The fourth-order valence-electron chi connectivity index (χ4n) is 3.69. The first-order valence-electron chi connectivity index (χ1n) is 10.8. The molecular formula is C24H35N3O4. The molecule has 0 bridgehead atoms. The molecule has 0 radical (unpaired) electrons. The first-order chi connectivity index (χ1) is 14.6. The van der Waals surface area contributed by atoms with Crippen LogP contribution >= 0.6 is 0 Å². The second-order valence-corrected chi connectivity index (χ2v) is 9.17. The molecule has 1 aliphatic heterocycles. The van der Waals surface area contributed by atoms with Crippen LogP contribution in [0.5, 0.6) is 5.75 Å². The molecule has 0 aliphatic carbocycles. The van der Waals surface area contributed by atoms with Crippen molar-refractivity contribution in [1.29, 1.82) is 0 Å². The molecular weight excluding hydrogens is 394 g/mol. The molecule has 0 unspecified atom stereocenters. The highest BCUT2D eigenvalue weighted by molar-refractivity contribution is 5.97. The van der Waals surface area contributed by atoms with Crippen molar-refractivity contribution in [3.05, 3.63) is 42.5 Å². The average molecular weight is 430 g/mol. The van der Waals surface area contributed by atoms with Gasteiger partial charge in [-0.2, -0.15) is 0 Å². The third-order valence-corrected chi connectivity index (χ3v) is 5.39. The fourth-order valence-corrected chi connectivity index (χ4v) is 3.69. The van der Waals surface area contributed by atoms with E-state index >= 15 is 0 Å². The molecule has 1 aliphatic rings. The number of hydrogen-bond donors (Lipinski definition) is 2. The Morgan fingerprint density at radius 1 is 1.19 bits per heavy atom. The lowest BCUT2D eigenvalue weighted by atomic mass is 9.87. The van der Waals surface area contributed by atoms with Gasteiger partial charge >= 0.3 is 0 Å². The highest BCUT2D eigenvalue weighted by Crippen LogP contribution is 2.25. The highest BCUT2D eigenvalue weighted by atomic mass is 16.5. The topological polar surface area (TPSA) is 87.7 Å². The number of nitrogens with zero attached hydrogens (tertiary/aromatic N) is 1. The van der Waals surface area contributed by atoms with Gasteiger partial charge in [-0.15, -0.1) is 6.58 Å². The summed E-state index contributed by atoms with van der Waals surface area (Å²) in [5, 5.41) is 5.70. The predicted molar refractivity (Wildman–Crippen MR) is 121 cm³/mol. The summed E-state index contributed by atoms with van der Waals surface area (Å²) in [6.07, 6.45) is 3.42. The molecule has 2 rings (SSSR count). The van der Waals surface area contributed by atoms with Crippen LogP contribution in [-0.4, -0.2) is 55.4 Å². The number of benzene rings is 1. The maximum absolute atomic E-state index is 12.8. The number of hydrogen-bond acceptors (Lipinski definition) is 4. The Morgan fingerprint density at radius 2 is 1.81 bits per heavy atom. The molecule has 3 amide bonds. The maximum Gasteiger partial charge on any atom is 0.251 e. The zero-order chi connectivity index (χ0) is 23.0. The van der Waals surface area contributed by atoms with Crippen molar-refractivity contribution in [3.63, 3.8) is 0 Å². The smallest absolute Gasteiger partial charge is 0.251 e. The van der Waals surface area contributed by atoms with E-state index < -0.39 is 6.04 Å². The summed E-state index contributed by atoms with van der Waals surface area (Å²) in [6, 6.07) is 6.08. The second-order valence-electron chi connectivity index (χ2n) is 9.17. The summed E-state index contributed by atoms with van der Waals surface area (Å²) >= 11 is 0. The minimum atomic E-state index is -0.672. The van der Waals surface area contributed by atoms with E-state index in [2.05, 4.69) is 17.2 Å². The Morgan fingerprint density at radius 3 is 2.32 bits per heavy atom. The van der Waals surface area contributed by atoms with Crippen LogP contribution in [0.4, 0.5) is 0 Å². The summed E-state index contributed by atoms with van der Waals surface area (Å²) in [5.41, 5.74) is 0.396. The van der Waals surface area contributed by atoms with E-state index in [4.69, 9.17) is 4.74 Å². The normalized spacial score (nSPS) is 15.7. The summed E-state index contributed by atoms with van der Waals surface area (Å²) in [6.45, 7) is 11.3. The number of piperidine rings is 1. The van der Waals surface area contributed by atoms with Crippen LogP contribution in [0.1, 0.15) is 50.4 Å². The standard InChI is InChI=1S/C24H35N3O4/c1-6-13-25-23(30)21(26-22(29)18-7-9-19(31-5)10-8-18)17-11-14-27(15-12-17)20(28)16-24(2,3)4/h6-10,17,21H,1,11-16H2,2-5H3,(H,25,30)(H,26,29)/t21-/m1/s1. The minimum Gasteiger partial charge on any atom is -0.497 e. The predicted octanol–water partition coefficient (Wildman–Crippen LogP) is 2.77. The van der Waals surface area contributed by atoms with E-state index in [0.29, 0.717) is 50.2 Å². The molecule has 1 aromatic carbocycles. The number of likely N-dealkylation sites (tertiary alicyclic amines) is 1. The van der Waals surface area contributed by atoms with E-state index in [1.807, 2.05) is 25.7 Å². The van der Waals surface area contributed by atoms with Gasteiger partial charge in [0.15, 0.2) is 0 Å². The van der Waals surface area contributed by atoms with Crippen molar-refractivity contribution < 1.29 is 19.1 Å². The van der Waals surface area contributed by atoms with E-state index in [0.717, 1.165) is 0 Å². The molecule has 7 nitrogen and oxygen atoms in total. The molecule has 1 aromatic rings. The van der Waals surface area contributed by atoms with Gasteiger partial charge in [0.05, 0.1) is 7.11 Å². The van der Waals surface area contributed by atoms with Crippen LogP contribution < -0.4 is 15.4 Å². The van der Waals surface area contributed by atoms with Crippen LogP contribution in [0.2, 0.25) is 0 Å². The van der Waals surface area contributed by atoms with Crippen molar-refractivity contribution in [2.75, 3.05) is 26.7 Å². The van der Waals surface area contributed by atoms with Crippen LogP contribution in [-0.2, 0) is 9.59 Å². The molecule has 0 aromatic heterocycles. The van der Waals surface area contributed by atoms with Gasteiger partial charge in [0.2, 0.25) is 11.8 Å². The lowest BCUT2D eigenvalue weighted by molar-refractivity contribution is -0.134. The van der Waals surface area contributed by atoms with Gasteiger partial charge in [-0.25, -0.2) is 0 Å². The number of amides is 3. The largest absolute Gasteiger partial charge is 0.497 e. The second kappa shape index (κ2) is 11.0. The Bertz CT molecular complexity index is 775. The number of carbonyl (C=O) groups excluding carboxylic acids is 3. The number of carbonyl (C=O) groups is 3. The van der Waals surface area contributed by atoms with Crippen molar-refractivity contribution in [1.82, 2.24) is 15.5 Å². The Kier molecular flexibility index (Phi) is 8.65. The first kappa shape index (κ1) is 24.4. The molecule has 1 fully saturated rings. The summed E-state index contributed by atoms with van der Waals surface area (Å²) < 4.78 is 5.13. The quantitative estimate of drug-likeness (QED) is 0.622. The Labute approximate surface area is 185 Å². The zero-order valence-electron chi connectivity index (χ0n) is 19.1. The zero-order valence-corrected chi connectivity index (χ0v) is 19.1. The number of ether oxygens (including phenoxy) is 1. The molecule has 1 saturated heterocycles. The molecule has 0 saturated carbocycles. The van der Waals surface area contributed by atoms with E-state index in [9.17, 15) is 14.4 Å². The number of rotatable bonds is 8. The van der Waals surface area contributed by atoms with Crippen molar-refractivity contribution >= 4 is 17.7 Å². The molecule has 31 heavy (non-hydrogen) atoms. The van der Waals surface area contributed by atoms with Gasteiger partial charge in [-0.3, -0.25) is 14.4 Å². The lowest BCUT2D eigenvalue weighted by Crippen LogP contribution is -2.54. The summed E-state index contributed by atoms with van der Waals surface area (Å²) in [5.74, 6) is 0.199. The van der Waals surface area contributed by atoms with E-state index in [-0.39, 0.29) is 29.1 Å². The van der Waals surface area contributed by atoms with Gasteiger partial charge in [-0.1, -0.05) is 26.8 Å². The Balaban J connectivity index is 2.06. The van der Waals surface area contributed by atoms with Crippen LogP contribution in [0.25, 0.3) is 0 Å². The van der Waals surface area contributed by atoms with Crippen LogP contribution in [0.15, 0.2) is 36.9 Å². The number of methoxy groups -OCH3 is 1. The van der Waals surface area contributed by atoms with Gasteiger partial charge < -0.3 is 20.3 Å². The number of nitrogens with one attached hydrogen (secondary N) is 2. The molecule has 170 valence electrons. The lowest BCUT2D eigenvalue weighted by Gasteiger charge is -2.36. The molecule has 1 atom stereocenters. The van der Waals surface area contributed by atoms with E-state index in [1.165, 1.54) is 0 Å². The van der Waals surface area contributed by atoms with Gasteiger partial charge in [0, 0.05) is 31.6 Å². The third kappa shape index (κ3) is 7.42. The Hall–Kier alpha value is -2.83. The molecule has 2 N–H and O–H groups in total. The minimum absolute atomic E-state index is 0.0503. The van der Waals surface area contributed by atoms with Gasteiger partial charge in [0.25, 0.3) is 5.91 Å². The fraction of sp³-hybridized carbons (Fsp3) is 0.542. The summed E-state index contributed by atoms with van der Waals surface area (Å²) in [7, 11) is 1.56. The average Bonchev–Trinajstić information content (AvgIpc) is 2.74. The van der Waals surface area contributed by atoms with Crippen molar-refractivity contribution in [3.8, 4) is 5.75 Å². The SMILES string of the molecule is C=CCNC(=O)[C@H](NC(=O)c1ccc(OC)cc1)C1CCN(C(=O)CC(C)(C)C)CC1. The molecule has 1 heterocycles. The van der Waals surface area contributed by atoms with E-state index in [1.54, 1.807) is 37.5 Å². The summed E-state index contributed by atoms with van der Waals surface area (Å²) in [4.78, 5) is 40.0. The van der Waals surface area contributed by atoms with Crippen molar-refractivity contribution in [2.24, 2.45) is 11.3 Å². The highest BCUT2D eigenvalue weighted by Gasteiger charge is 2.34. The molecule has 0 spiro atoms. The van der Waals surface area contributed by atoms with Crippen LogP contribution in [0, 0.1) is 11.3 Å². The van der Waals surface area contributed by atoms with Gasteiger partial charge in [0.1, 0.15) is 11.8 Å². The third-order valence-electron chi connectivity index (χ3n) is 5.39.